The number of fused-ring (bicyclic) bond motifs is 1. The Labute approximate surface area is 387 Å². The predicted molar refractivity (Wildman–Crippen MR) is 239 cm³/mol. The first-order valence-electron chi connectivity index (χ1n) is 21.9. The van der Waals surface area contributed by atoms with Crippen molar-refractivity contribution in [2.75, 3.05) is 42.2 Å². The van der Waals surface area contributed by atoms with E-state index in [1.54, 1.807) is 35.2 Å². The van der Waals surface area contributed by atoms with Crippen LogP contribution >= 0.6 is 0 Å². The molecule has 1 N–H and O–H groups in total. The number of hydrogen-bond donors (Lipinski definition) is 1. The molecule has 2 saturated heterocycles. The first-order chi connectivity index (χ1) is 31.8. The average molecular weight is 939 g/mol. The third-order valence-corrected chi connectivity index (χ3v) is 13.3. The zero-order valence-electron chi connectivity index (χ0n) is 38.4. The van der Waals surface area contributed by atoms with Crippen LogP contribution in [-0.2, 0) is 83.6 Å². The molecule has 3 aliphatic rings. The number of benzene rings is 4. The predicted octanol–water partition coefficient (Wildman–Crippen LogP) is 7.06. The highest BCUT2D eigenvalue weighted by Crippen LogP contribution is 2.48. The topological polar surface area (TPSA) is 174 Å². The van der Waals surface area contributed by atoms with Gasteiger partial charge in [-0.25, -0.2) is 4.18 Å². The molecule has 0 bridgehead atoms. The Morgan fingerprint density at radius 2 is 1.09 bits per heavy atom. The van der Waals surface area contributed by atoms with Gasteiger partial charge in [-0.2, -0.15) is 8.42 Å². The van der Waals surface area contributed by atoms with Gasteiger partial charge in [0.25, 0.3) is 0 Å². The van der Waals surface area contributed by atoms with Gasteiger partial charge in [-0.1, -0.05) is 66.7 Å². The molecule has 0 spiro atoms. The van der Waals surface area contributed by atoms with Crippen molar-refractivity contribution in [2.24, 2.45) is 11.8 Å². The van der Waals surface area contributed by atoms with Crippen LogP contribution in [0.3, 0.4) is 0 Å². The second kappa shape index (κ2) is 22.3. The van der Waals surface area contributed by atoms with Gasteiger partial charge in [-0.05, 0) is 91.3 Å². The summed E-state index contributed by atoms with van der Waals surface area (Å²) in [5.41, 5.74) is 3.65. The molecule has 17 heteroatoms. The molecule has 4 aromatic carbocycles. The summed E-state index contributed by atoms with van der Waals surface area (Å²) < 4.78 is 116. The van der Waals surface area contributed by atoms with Crippen molar-refractivity contribution in [3.05, 3.63) is 125 Å². The van der Waals surface area contributed by atoms with Crippen molar-refractivity contribution in [3.8, 4) is 17.2 Å². The molecule has 3 fully saturated rings. The maximum absolute atomic E-state index is 12.8. The molecule has 66 heavy (non-hydrogen) atoms. The molecular formula is C49H62O16S. The van der Waals surface area contributed by atoms with E-state index in [1.165, 1.54) is 14.2 Å². The summed E-state index contributed by atoms with van der Waals surface area (Å²) in [7, 11) is 2.62. The quantitative estimate of drug-likeness (QED) is 0.0792. The molecule has 2 heterocycles. The Balaban J connectivity index is 1.23. The van der Waals surface area contributed by atoms with Crippen LogP contribution < -0.4 is 14.2 Å². The minimum absolute atomic E-state index is 0.119. The standard InChI is InChI=1S/C49H62O16S/c1-48(56-6)49(2,57-7)64-46-45(63-48)44(65-66(50,51)52)42(62-47(46)61-30-32-11-9-8-10-12-32)26-36-25-41(59-28-34-15-21-38(54-4)22-16-34)43(60-29-35-17-23-39(55-5)24-18-35)40(36)31-58-27-33-13-19-37(53-3)20-14-33/h8-24,36,40-47H,25-31H2,1-7H3,(H,50,51,52)/t36?,40-,41+,42+,43+,44+,45-,46+,47+,48+,49+/m0/s1. The third kappa shape index (κ3) is 12.1. The summed E-state index contributed by atoms with van der Waals surface area (Å²) in [5, 5.41) is 0. The number of methoxy groups -OCH3 is 5. The van der Waals surface area contributed by atoms with Crippen LogP contribution in [0.5, 0.6) is 17.2 Å². The number of hydrogen-bond acceptors (Lipinski definition) is 15. The van der Waals surface area contributed by atoms with Crippen molar-refractivity contribution in [2.45, 2.75) is 108 Å². The van der Waals surface area contributed by atoms with Crippen molar-refractivity contribution < 1.29 is 74.0 Å². The summed E-state index contributed by atoms with van der Waals surface area (Å²) in [6, 6.07) is 32.4. The van der Waals surface area contributed by atoms with Gasteiger partial charge in [0.2, 0.25) is 11.6 Å². The molecule has 1 saturated carbocycles. The van der Waals surface area contributed by atoms with Gasteiger partial charge < -0.3 is 56.8 Å². The molecule has 0 aromatic heterocycles. The van der Waals surface area contributed by atoms with E-state index in [0.717, 1.165) is 39.5 Å². The fourth-order valence-corrected chi connectivity index (χ4v) is 9.40. The number of ether oxygens (including phenoxy) is 12. The zero-order valence-corrected chi connectivity index (χ0v) is 39.3. The van der Waals surface area contributed by atoms with Gasteiger partial charge in [-0.15, -0.1) is 0 Å². The molecule has 4 aromatic rings. The Morgan fingerprint density at radius 1 is 0.606 bits per heavy atom. The Kier molecular flexibility index (Phi) is 16.8. The van der Waals surface area contributed by atoms with Gasteiger partial charge in [0, 0.05) is 20.1 Å². The van der Waals surface area contributed by atoms with Crippen LogP contribution in [0.25, 0.3) is 0 Å². The summed E-state index contributed by atoms with van der Waals surface area (Å²) in [6.45, 7) is 4.43. The van der Waals surface area contributed by atoms with E-state index < -0.39 is 64.9 Å². The lowest BCUT2D eigenvalue weighted by Gasteiger charge is -2.57. The van der Waals surface area contributed by atoms with E-state index in [0.29, 0.717) is 13.0 Å². The maximum Gasteiger partial charge on any atom is 0.397 e. The molecule has 1 aliphatic carbocycles. The second-order valence-electron chi connectivity index (χ2n) is 16.9. The Hall–Kier alpha value is -4.21. The third-order valence-electron chi connectivity index (χ3n) is 12.8. The van der Waals surface area contributed by atoms with Gasteiger partial charge in [0.1, 0.15) is 35.6 Å². The van der Waals surface area contributed by atoms with Crippen LogP contribution in [0.4, 0.5) is 0 Å². The smallest absolute Gasteiger partial charge is 0.397 e. The molecule has 0 amide bonds. The lowest BCUT2D eigenvalue weighted by molar-refractivity contribution is -0.483. The Morgan fingerprint density at radius 3 is 1.61 bits per heavy atom. The molecule has 2 aliphatic heterocycles. The SMILES string of the molecule is COc1ccc(COC[C@H]2C(C[C@H]3O[C@@H](OCc4ccccc4)[C@@H]4O[C@@](C)(OC)[C@](C)(OC)O[C@H]4[C@@H]3OS(=O)(=O)O)C[C@@H](OCc3ccc(OC)cc3)[C@@H]2OCc2ccc(OC)cc2)cc1. The summed E-state index contributed by atoms with van der Waals surface area (Å²) >= 11 is 0. The first kappa shape index (κ1) is 49.7. The largest absolute Gasteiger partial charge is 0.497 e. The zero-order chi connectivity index (χ0) is 46.9. The van der Waals surface area contributed by atoms with E-state index >= 15 is 0 Å². The minimum Gasteiger partial charge on any atom is -0.497 e. The van der Waals surface area contributed by atoms with Crippen molar-refractivity contribution >= 4 is 10.4 Å². The van der Waals surface area contributed by atoms with Gasteiger partial charge in [0.15, 0.2) is 6.29 Å². The monoisotopic (exact) mass is 938 g/mol. The van der Waals surface area contributed by atoms with Crippen LogP contribution in [0, 0.1) is 11.8 Å². The van der Waals surface area contributed by atoms with Crippen molar-refractivity contribution in [3.63, 3.8) is 0 Å². The molecular weight excluding hydrogens is 877 g/mol. The van der Waals surface area contributed by atoms with E-state index in [9.17, 15) is 13.0 Å². The lowest BCUT2D eigenvalue weighted by atomic mass is 9.85. The van der Waals surface area contributed by atoms with Gasteiger partial charge in [-0.3, -0.25) is 4.55 Å². The van der Waals surface area contributed by atoms with E-state index in [1.807, 2.05) is 103 Å². The molecule has 360 valence electrons. The molecule has 11 atom stereocenters. The van der Waals surface area contributed by atoms with Crippen molar-refractivity contribution in [1.29, 1.82) is 0 Å². The lowest BCUT2D eigenvalue weighted by Crippen LogP contribution is -2.73. The highest BCUT2D eigenvalue weighted by atomic mass is 32.3. The molecule has 16 nitrogen and oxygen atoms in total. The second-order valence-corrected chi connectivity index (χ2v) is 17.9. The van der Waals surface area contributed by atoms with Crippen molar-refractivity contribution in [1.82, 2.24) is 0 Å². The summed E-state index contributed by atoms with van der Waals surface area (Å²) in [6.07, 6.45) is -6.32. The fraction of sp³-hybridized carbons (Fsp3) is 0.510. The first-order valence-corrected chi connectivity index (χ1v) is 23.3. The average Bonchev–Trinajstić information content (AvgIpc) is 3.66. The fourth-order valence-electron chi connectivity index (χ4n) is 8.89. The normalized spacial score (nSPS) is 29.8. The van der Waals surface area contributed by atoms with Gasteiger partial charge in [0.05, 0.1) is 72.7 Å². The van der Waals surface area contributed by atoms with E-state index in [2.05, 4.69) is 0 Å². The molecule has 7 rings (SSSR count). The summed E-state index contributed by atoms with van der Waals surface area (Å²) in [4.78, 5) is 0. The van der Waals surface area contributed by atoms with E-state index in [-0.39, 0.29) is 44.7 Å². The maximum atomic E-state index is 12.8. The van der Waals surface area contributed by atoms with Crippen LogP contribution in [0.15, 0.2) is 103 Å². The molecule has 1 unspecified atom stereocenters. The summed E-state index contributed by atoms with van der Waals surface area (Å²) in [5.74, 6) is -1.55. The van der Waals surface area contributed by atoms with Crippen LogP contribution in [0.2, 0.25) is 0 Å². The minimum atomic E-state index is -5.09. The van der Waals surface area contributed by atoms with Crippen LogP contribution in [-0.4, -0.2) is 110 Å². The highest BCUT2D eigenvalue weighted by molar-refractivity contribution is 7.80. The number of rotatable bonds is 22. The Bertz CT molecular complexity index is 2210. The van der Waals surface area contributed by atoms with Gasteiger partial charge >= 0.3 is 10.4 Å². The highest BCUT2D eigenvalue weighted by Gasteiger charge is 2.64. The molecule has 0 radical (unpaired) electrons. The van der Waals surface area contributed by atoms with Crippen LogP contribution in [0.1, 0.15) is 48.9 Å². The van der Waals surface area contributed by atoms with E-state index in [4.69, 9.17) is 61.0 Å².